The minimum Gasteiger partial charge on any atom is -0.497 e. The fourth-order valence-electron chi connectivity index (χ4n) is 2.07. The van der Waals surface area contributed by atoms with Crippen LogP contribution in [0.25, 0.3) is 0 Å². The Hall–Kier alpha value is -2.29. The van der Waals surface area contributed by atoms with Crippen molar-refractivity contribution in [1.82, 2.24) is 0 Å². The molecule has 2 aromatic carbocycles. The molecule has 0 fully saturated rings. The molecule has 0 aromatic heterocycles. The van der Waals surface area contributed by atoms with Crippen molar-refractivity contribution in [3.05, 3.63) is 59.7 Å². The summed E-state index contributed by atoms with van der Waals surface area (Å²) in [6, 6.07) is 15.6. The third-order valence-corrected chi connectivity index (χ3v) is 3.04. The van der Waals surface area contributed by atoms with Gasteiger partial charge in [0.25, 0.3) is 0 Å². The van der Waals surface area contributed by atoms with Gasteiger partial charge in [-0.2, -0.15) is 0 Å². The van der Waals surface area contributed by atoms with Crippen molar-refractivity contribution in [2.24, 2.45) is 0 Å². The van der Waals surface area contributed by atoms with E-state index in [1.54, 1.807) is 7.11 Å². The summed E-state index contributed by atoms with van der Waals surface area (Å²) in [5.74, 6) is 1.21. The van der Waals surface area contributed by atoms with Gasteiger partial charge in [0.05, 0.1) is 7.11 Å². The minimum atomic E-state index is -0.293. The van der Waals surface area contributed by atoms with E-state index >= 15 is 0 Å². The lowest BCUT2D eigenvalue weighted by Gasteiger charge is -2.09. The fraction of sp³-hybridized carbons (Fsp3) is 0.235. The molecule has 2 aromatic rings. The number of hydrogen-bond donors (Lipinski definition) is 0. The number of methoxy groups -OCH3 is 1. The molecule has 0 aliphatic heterocycles. The summed E-state index contributed by atoms with van der Waals surface area (Å²) in [5, 5.41) is 0. The lowest BCUT2D eigenvalue weighted by molar-refractivity contribution is -0.131. The SMILES string of the molecule is COc1cccc(CCc2ccccc2OC(C)=O)c1. The second kappa shape index (κ2) is 6.75. The van der Waals surface area contributed by atoms with Gasteiger partial charge in [0.2, 0.25) is 0 Å². The number of hydrogen-bond acceptors (Lipinski definition) is 3. The second-order valence-corrected chi connectivity index (χ2v) is 4.55. The van der Waals surface area contributed by atoms with Gasteiger partial charge in [-0.15, -0.1) is 0 Å². The highest BCUT2D eigenvalue weighted by atomic mass is 16.5. The summed E-state index contributed by atoms with van der Waals surface area (Å²) < 4.78 is 10.4. The highest BCUT2D eigenvalue weighted by Gasteiger charge is 2.06. The maximum absolute atomic E-state index is 11.1. The van der Waals surface area contributed by atoms with Crippen molar-refractivity contribution in [1.29, 1.82) is 0 Å². The lowest BCUT2D eigenvalue weighted by Crippen LogP contribution is -2.04. The number of aryl methyl sites for hydroxylation is 2. The van der Waals surface area contributed by atoms with Crippen LogP contribution in [0.2, 0.25) is 0 Å². The number of benzene rings is 2. The molecule has 0 bridgehead atoms. The Morgan fingerprint density at radius 3 is 2.60 bits per heavy atom. The fourth-order valence-corrected chi connectivity index (χ4v) is 2.07. The molecule has 0 radical (unpaired) electrons. The van der Waals surface area contributed by atoms with Gasteiger partial charge in [-0.1, -0.05) is 30.3 Å². The normalized spacial score (nSPS) is 10.1. The molecule has 0 heterocycles. The molecule has 0 aliphatic rings. The van der Waals surface area contributed by atoms with Crippen LogP contribution in [-0.4, -0.2) is 13.1 Å². The number of rotatable bonds is 5. The molecule has 0 aliphatic carbocycles. The van der Waals surface area contributed by atoms with Crippen molar-refractivity contribution in [3.8, 4) is 11.5 Å². The van der Waals surface area contributed by atoms with Gasteiger partial charge in [0.1, 0.15) is 11.5 Å². The van der Waals surface area contributed by atoms with E-state index in [1.807, 2.05) is 42.5 Å². The van der Waals surface area contributed by atoms with Crippen molar-refractivity contribution in [2.45, 2.75) is 19.8 Å². The minimum absolute atomic E-state index is 0.293. The van der Waals surface area contributed by atoms with Crippen LogP contribution in [0.15, 0.2) is 48.5 Å². The first-order chi connectivity index (χ1) is 9.69. The average molecular weight is 270 g/mol. The van der Waals surface area contributed by atoms with E-state index in [1.165, 1.54) is 12.5 Å². The van der Waals surface area contributed by atoms with Crippen LogP contribution in [0.4, 0.5) is 0 Å². The Bertz CT molecular complexity index is 590. The van der Waals surface area contributed by atoms with Crippen LogP contribution in [0.5, 0.6) is 11.5 Å². The Morgan fingerprint density at radius 1 is 1.05 bits per heavy atom. The van der Waals surface area contributed by atoms with E-state index < -0.39 is 0 Å². The van der Waals surface area contributed by atoms with Crippen LogP contribution in [0, 0.1) is 0 Å². The summed E-state index contributed by atoms with van der Waals surface area (Å²) in [7, 11) is 1.66. The van der Waals surface area contributed by atoms with E-state index in [9.17, 15) is 4.79 Å². The average Bonchev–Trinajstić information content (AvgIpc) is 2.46. The first kappa shape index (κ1) is 14.1. The molecule has 3 heteroatoms. The van der Waals surface area contributed by atoms with Crippen LogP contribution >= 0.6 is 0 Å². The Balaban J connectivity index is 2.08. The van der Waals surface area contributed by atoms with Gasteiger partial charge in [-0.05, 0) is 42.2 Å². The van der Waals surface area contributed by atoms with Crippen LogP contribution in [0.3, 0.4) is 0 Å². The molecular weight excluding hydrogens is 252 g/mol. The van der Waals surface area contributed by atoms with E-state index in [0.29, 0.717) is 5.75 Å². The van der Waals surface area contributed by atoms with Gasteiger partial charge in [0.15, 0.2) is 0 Å². The molecule has 20 heavy (non-hydrogen) atoms. The molecule has 0 saturated heterocycles. The van der Waals surface area contributed by atoms with Crippen molar-refractivity contribution < 1.29 is 14.3 Å². The van der Waals surface area contributed by atoms with Gasteiger partial charge in [-0.25, -0.2) is 0 Å². The molecule has 2 rings (SSSR count). The number of carbonyl (C=O) groups excluding carboxylic acids is 1. The molecule has 0 N–H and O–H groups in total. The predicted molar refractivity (Wildman–Crippen MR) is 78.2 cm³/mol. The number of esters is 1. The molecule has 0 saturated carbocycles. The molecule has 0 atom stereocenters. The van der Waals surface area contributed by atoms with Crippen LogP contribution in [-0.2, 0) is 17.6 Å². The Labute approximate surface area is 119 Å². The summed E-state index contributed by atoms with van der Waals surface area (Å²) in [6.45, 7) is 1.42. The Kier molecular flexibility index (Phi) is 4.77. The van der Waals surface area contributed by atoms with Gasteiger partial charge < -0.3 is 9.47 Å². The van der Waals surface area contributed by atoms with Crippen molar-refractivity contribution in [3.63, 3.8) is 0 Å². The number of carbonyl (C=O) groups is 1. The molecule has 0 amide bonds. The first-order valence-corrected chi connectivity index (χ1v) is 6.58. The highest BCUT2D eigenvalue weighted by Crippen LogP contribution is 2.21. The monoisotopic (exact) mass is 270 g/mol. The largest absolute Gasteiger partial charge is 0.497 e. The summed E-state index contributed by atoms with van der Waals surface area (Å²) in [5.41, 5.74) is 2.23. The maximum atomic E-state index is 11.1. The smallest absolute Gasteiger partial charge is 0.308 e. The van der Waals surface area contributed by atoms with E-state index in [-0.39, 0.29) is 5.97 Å². The molecule has 104 valence electrons. The standard InChI is InChI=1S/C17H18O3/c1-13(18)20-17-9-4-3-7-15(17)11-10-14-6-5-8-16(12-14)19-2/h3-9,12H,10-11H2,1-2H3. The lowest BCUT2D eigenvalue weighted by atomic mass is 10.0. The van der Waals surface area contributed by atoms with Crippen LogP contribution in [0.1, 0.15) is 18.1 Å². The van der Waals surface area contributed by atoms with Gasteiger partial charge in [-0.3, -0.25) is 4.79 Å². The number of ether oxygens (including phenoxy) is 2. The Morgan fingerprint density at radius 2 is 1.85 bits per heavy atom. The van der Waals surface area contributed by atoms with Crippen molar-refractivity contribution >= 4 is 5.97 Å². The van der Waals surface area contributed by atoms with E-state index in [0.717, 1.165) is 24.2 Å². The summed E-state index contributed by atoms with van der Waals surface area (Å²) in [6.07, 6.45) is 1.69. The highest BCUT2D eigenvalue weighted by molar-refractivity contribution is 5.69. The number of para-hydroxylation sites is 1. The topological polar surface area (TPSA) is 35.5 Å². The third-order valence-electron chi connectivity index (χ3n) is 3.04. The van der Waals surface area contributed by atoms with E-state index in [2.05, 4.69) is 6.07 Å². The predicted octanol–water partition coefficient (Wildman–Crippen LogP) is 3.41. The second-order valence-electron chi connectivity index (χ2n) is 4.55. The zero-order valence-corrected chi connectivity index (χ0v) is 11.8. The first-order valence-electron chi connectivity index (χ1n) is 6.58. The molecule has 0 unspecified atom stereocenters. The van der Waals surface area contributed by atoms with Crippen LogP contribution < -0.4 is 9.47 Å². The molecular formula is C17H18O3. The quantitative estimate of drug-likeness (QED) is 0.617. The molecule has 0 spiro atoms. The summed E-state index contributed by atoms with van der Waals surface area (Å²) in [4.78, 5) is 11.1. The zero-order chi connectivity index (χ0) is 14.4. The summed E-state index contributed by atoms with van der Waals surface area (Å²) >= 11 is 0. The van der Waals surface area contributed by atoms with Gasteiger partial charge >= 0.3 is 5.97 Å². The van der Waals surface area contributed by atoms with Gasteiger partial charge in [0, 0.05) is 6.92 Å². The third kappa shape index (κ3) is 3.85. The van der Waals surface area contributed by atoms with Crippen molar-refractivity contribution in [2.75, 3.05) is 7.11 Å². The van der Waals surface area contributed by atoms with E-state index in [4.69, 9.17) is 9.47 Å². The zero-order valence-electron chi connectivity index (χ0n) is 11.8. The molecule has 3 nitrogen and oxygen atoms in total. The maximum Gasteiger partial charge on any atom is 0.308 e.